The molecule has 1 aliphatic heterocycles. The number of methoxy groups -OCH3 is 1. The maximum atomic E-state index is 12.8. The number of aryl methyl sites for hydroxylation is 2. The van der Waals surface area contributed by atoms with Crippen LogP contribution in [0.4, 0.5) is 0 Å². The molecule has 0 unspecified atom stereocenters. The van der Waals surface area contributed by atoms with E-state index in [1.54, 1.807) is 0 Å². The second-order valence-electron chi connectivity index (χ2n) is 7.02. The van der Waals surface area contributed by atoms with Crippen LogP contribution in [0.25, 0.3) is 0 Å². The van der Waals surface area contributed by atoms with Crippen molar-refractivity contribution in [3.05, 3.63) is 56.8 Å². The molecule has 0 spiro atoms. The molecule has 7 heteroatoms. The van der Waals surface area contributed by atoms with Gasteiger partial charge in [-0.25, -0.2) is 9.59 Å². The number of benzene rings is 1. The van der Waals surface area contributed by atoms with Crippen LogP contribution in [0.1, 0.15) is 37.7 Å². The molecular weight excluding hydrogens is 378 g/mol. The van der Waals surface area contributed by atoms with Crippen LogP contribution >= 0.6 is 11.3 Å². The lowest BCUT2D eigenvalue weighted by Crippen LogP contribution is -2.50. The molecule has 1 amide bonds. The largest absolute Gasteiger partial charge is 0.467 e. The van der Waals surface area contributed by atoms with Crippen molar-refractivity contribution in [2.24, 2.45) is 0 Å². The first-order valence-electron chi connectivity index (χ1n) is 9.29. The van der Waals surface area contributed by atoms with E-state index in [0.29, 0.717) is 17.8 Å². The lowest BCUT2D eigenvalue weighted by molar-refractivity contribution is -0.155. The Morgan fingerprint density at radius 2 is 1.93 bits per heavy atom. The molecule has 6 nitrogen and oxygen atoms in total. The van der Waals surface area contributed by atoms with E-state index < -0.39 is 30.5 Å². The number of fused-ring (bicyclic) bond motifs is 2. The van der Waals surface area contributed by atoms with Crippen molar-refractivity contribution in [2.75, 3.05) is 13.7 Å². The highest BCUT2D eigenvalue weighted by Crippen LogP contribution is 2.31. The number of ether oxygens (including phenoxy) is 2. The number of hydrogen-bond donors (Lipinski definition) is 0. The molecule has 0 N–H and O–H groups in total. The summed E-state index contributed by atoms with van der Waals surface area (Å²) in [6.07, 6.45) is 3.51. The molecule has 0 bridgehead atoms. The van der Waals surface area contributed by atoms with Crippen LogP contribution in [-0.4, -0.2) is 42.5 Å². The maximum Gasteiger partial charge on any atom is 0.348 e. The van der Waals surface area contributed by atoms with Gasteiger partial charge in [-0.15, -0.1) is 11.3 Å². The van der Waals surface area contributed by atoms with Crippen LogP contribution in [0.3, 0.4) is 0 Å². The number of carbonyl (C=O) groups is 3. The lowest BCUT2D eigenvalue weighted by atomic mass is 9.94. The summed E-state index contributed by atoms with van der Waals surface area (Å²) in [6.45, 7) is -0.101. The fourth-order valence-electron chi connectivity index (χ4n) is 3.84. The van der Waals surface area contributed by atoms with Gasteiger partial charge in [0.15, 0.2) is 6.61 Å². The number of carbonyl (C=O) groups excluding carboxylic acids is 3. The minimum Gasteiger partial charge on any atom is -0.467 e. The van der Waals surface area contributed by atoms with E-state index in [9.17, 15) is 14.4 Å². The molecule has 2 aromatic rings. The Morgan fingerprint density at radius 3 is 2.68 bits per heavy atom. The van der Waals surface area contributed by atoms with Gasteiger partial charge in [-0.05, 0) is 42.0 Å². The second-order valence-corrected chi connectivity index (χ2v) is 8.16. The van der Waals surface area contributed by atoms with Crippen LogP contribution in [-0.2, 0) is 44.9 Å². The third-order valence-corrected chi connectivity index (χ3v) is 6.53. The maximum absolute atomic E-state index is 12.8. The highest BCUT2D eigenvalue weighted by atomic mass is 32.1. The Balaban J connectivity index is 1.44. The van der Waals surface area contributed by atoms with Gasteiger partial charge in [-0.1, -0.05) is 24.3 Å². The fraction of sp³-hybridized carbons (Fsp3) is 0.381. The Labute approximate surface area is 167 Å². The Morgan fingerprint density at radius 1 is 1.14 bits per heavy atom. The van der Waals surface area contributed by atoms with E-state index in [1.165, 1.54) is 33.8 Å². The minimum absolute atomic E-state index is 0.291. The van der Waals surface area contributed by atoms with E-state index in [1.807, 2.05) is 30.3 Å². The first-order valence-corrected chi connectivity index (χ1v) is 10.1. The molecule has 1 atom stereocenters. The zero-order valence-electron chi connectivity index (χ0n) is 15.6. The average molecular weight is 399 g/mol. The van der Waals surface area contributed by atoms with E-state index in [2.05, 4.69) is 0 Å². The summed E-state index contributed by atoms with van der Waals surface area (Å²) >= 11 is 1.44. The highest BCUT2D eigenvalue weighted by Gasteiger charge is 2.35. The molecule has 1 aromatic heterocycles. The third kappa shape index (κ3) is 3.54. The van der Waals surface area contributed by atoms with Crippen molar-refractivity contribution in [3.8, 4) is 0 Å². The van der Waals surface area contributed by atoms with Crippen molar-refractivity contribution in [2.45, 2.75) is 38.3 Å². The molecular formula is C21H21NO5S. The molecule has 146 valence electrons. The molecule has 0 saturated carbocycles. The minimum atomic E-state index is -0.711. The summed E-state index contributed by atoms with van der Waals surface area (Å²) in [5.74, 6) is -1.36. The first-order chi connectivity index (χ1) is 13.6. The molecule has 1 aromatic carbocycles. The number of amides is 1. The van der Waals surface area contributed by atoms with Crippen molar-refractivity contribution in [1.82, 2.24) is 4.90 Å². The molecule has 1 aliphatic carbocycles. The zero-order valence-corrected chi connectivity index (χ0v) is 16.4. The van der Waals surface area contributed by atoms with Gasteiger partial charge >= 0.3 is 11.9 Å². The summed E-state index contributed by atoms with van der Waals surface area (Å²) < 4.78 is 10.1. The smallest absolute Gasteiger partial charge is 0.348 e. The summed E-state index contributed by atoms with van der Waals surface area (Å²) in [7, 11) is 1.31. The van der Waals surface area contributed by atoms with Gasteiger partial charge in [0.25, 0.3) is 5.91 Å². The molecule has 0 saturated heterocycles. The molecule has 4 rings (SSSR count). The number of hydrogen-bond acceptors (Lipinski definition) is 6. The van der Waals surface area contributed by atoms with Crippen LogP contribution in [0.5, 0.6) is 0 Å². The molecule has 0 radical (unpaired) electrons. The SMILES string of the molecule is COC(=O)[C@H]1Cc2ccccc2CN1C(=O)COC(=O)c1cc2c(s1)CCC2. The van der Waals surface area contributed by atoms with Crippen molar-refractivity contribution < 1.29 is 23.9 Å². The molecule has 28 heavy (non-hydrogen) atoms. The van der Waals surface area contributed by atoms with E-state index in [-0.39, 0.29) is 0 Å². The lowest BCUT2D eigenvalue weighted by Gasteiger charge is -2.35. The van der Waals surface area contributed by atoms with Gasteiger partial charge < -0.3 is 14.4 Å². The fourth-order valence-corrected chi connectivity index (χ4v) is 4.99. The Kier molecular flexibility index (Phi) is 5.17. The van der Waals surface area contributed by atoms with Crippen molar-refractivity contribution in [1.29, 1.82) is 0 Å². The predicted molar refractivity (Wildman–Crippen MR) is 103 cm³/mol. The van der Waals surface area contributed by atoms with E-state index >= 15 is 0 Å². The van der Waals surface area contributed by atoms with Crippen LogP contribution in [0.15, 0.2) is 30.3 Å². The standard InChI is InChI=1S/C21H21NO5S/c1-26-20(24)16-9-13-5-2-3-6-15(13)11-22(16)19(23)12-27-21(25)18-10-14-7-4-8-17(14)28-18/h2-3,5-6,10,16H,4,7-9,11-12H2,1H3/t16-/m1/s1. The van der Waals surface area contributed by atoms with E-state index in [4.69, 9.17) is 9.47 Å². The quantitative estimate of drug-likeness (QED) is 0.739. The van der Waals surface area contributed by atoms with Gasteiger partial charge in [0.1, 0.15) is 10.9 Å². The summed E-state index contributed by atoms with van der Waals surface area (Å²) in [5, 5.41) is 0. The third-order valence-electron chi connectivity index (χ3n) is 5.32. The zero-order chi connectivity index (χ0) is 19.7. The van der Waals surface area contributed by atoms with Gasteiger partial charge in [0.05, 0.1) is 7.11 Å². The summed E-state index contributed by atoms with van der Waals surface area (Å²) in [5.41, 5.74) is 3.21. The van der Waals surface area contributed by atoms with Crippen LogP contribution in [0, 0.1) is 0 Å². The number of esters is 2. The molecule has 0 fully saturated rings. The molecule has 2 aliphatic rings. The van der Waals surface area contributed by atoms with Gasteiger partial charge in [-0.3, -0.25) is 4.79 Å². The Hall–Kier alpha value is -2.67. The van der Waals surface area contributed by atoms with Gasteiger partial charge in [0, 0.05) is 17.8 Å². The number of thiophene rings is 1. The number of rotatable bonds is 4. The number of nitrogens with zero attached hydrogens (tertiary/aromatic N) is 1. The summed E-state index contributed by atoms with van der Waals surface area (Å²) in [6, 6.07) is 8.84. The second kappa shape index (κ2) is 7.75. The van der Waals surface area contributed by atoms with E-state index in [0.717, 1.165) is 30.4 Å². The normalized spacial score (nSPS) is 17.6. The van der Waals surface area contributed by atoms with Crippen molar-refractivity contribution in [3.63, 3.8) is 0 Å². The summed E-state index contributed by atoms with van der Waals surface area (Å²) in [4.78, 5) is 40.5. The van der Waals surface area contributed by atoms with Gasteiger partial charge in [0.2, 0.25) is 0 Å². The monoisotopic (exact) mass is 399 g/mol. The Bertz CT molecular complexity index is 913. The van der Waals surface area contributed by atoms with Crippen molar-refractivity contribution >= 4 is 29.2 Å². The first kappa shape index (κ1) is 18.7. The average Bonchev–Trinajstić information content (AvgIpc) is 3.32. The van der Waals surface area contributed by atoms with Gasteiger partial charge in [-0.2, -0.15) is 0 Å². The topological polar surface area (TPSA) is 72.9 Å². The van der Waals surface area contributed by atoms with Crippen LogP contribution in [0.2, 0.25) is 0 Å². The molecule has 2 heterocycles. The predicted octanol–water partition coefficient (Wildman–Crippen LogP) is 2.52. The van der Waals surface area contributed by atoms with Crippen LogP contribution < -0.4 is 0 Å². The highest BCUT2D eigenvalue weighted by molar-refractivity contribution is 7.14.